The number of furan rings is 1. The predicted octanol–water partition coefficient (Wildman–Crippen LogP) is 14.7. The summed E-state index contributed by atoms with van der Waals surface area (Å²) in [7, 11) is -1.41. The number of hydrogen-bond donors (Lipinski definition) is 0. The maximum Gasteiger partial charge on any atom is 0.149 e. The molecule has 0 N–H and O–H groups in total. The zero-order valence-corrected chi connectivity index (χ0v) is 37.8. The van der Waals surface area contributed by atoms with E-state index in [0.717, 1.165) is 55.6 Å². The molecule has 5 aromatic carbocycles. The molecule has 4 nitrogen and oxygen atoms in total. The summed E-state index contributed by atoms with van der Waals surface area (Å²) < 4.78 is 9.37. The monoisotopic (exact) mass is 781 g/mol. The molecule has 0 saturated heterocycles. The van der Waals surface area contributed by atoms with Gasteiger partial charge in [0.2, 0.25) is 0 Å². The molecular weight excluding hydrogens is 723 g/mol. The first-order valence-corrected chi connectivity index (χ1v) is 24.5. The molecule has 0 atom stereocenters. The summed E-state index contributed by atoms with van der Waals surface area (Å²) in [6, 6.07) is 38.2. The molecule has 0 spiro atoms. The molecule has 5 heteroatoms. The molecule has 0 saturated carbocycles. The quantitative estimate of drug-likeness (QED) is 0.151. The lowest BCUT2D eigenvalue weighted by atomic mass is 9.79. The van der Waals surface area contributed by atoms with Crippen molar-refractivity contribution in [3.05, 3.63) is 132 Å². The molecule has 3 aromatic heterocycles. The molecular formula is C53H59N3OSi. The van der Waals surface area contributed by atoms with Crippen molar-refractivity contribution in [2.45, 2.75) is 112 Å². The Bertz CT molecular complexity index is 2770. The number of imidazole rings is 1. The lowest BCUT2D eigenvalue weighted by Gasteiger charge is -2.26. The van der Waals surface area contributed by atoms with E-state index in [0.29, 0.717) is 0 Å². The number of hydrogen-bond acceptors (Lipinski definition) is 3. The molecule has 3 heterocycles. The van der Waals surface area contributed by atoms with Gasteiger partial charge in [-0.25, -0.2) is 4.98 Å². The van der Waals surface area contributed by atoms with Crippen LogP contribution in [0.3, 0.4) is 0 Å². The molecule has 0 fully saturated rings. The molecule has 0 amide bonds. The third kappa shape index (κ3) is 7.12. The van der Waals surface area contributed by atoms with Crippen LogP contribution in [-0.4, -0.2) is 22.6 Å². The van der Waals surface area contributed by atoms with Crippen LogP contribution in [0.1, 0.15) is 103 Å². The minimum atomic E-state index is -1.41. The summed E-state index contributed by atoms with van der Waals surface area (Å²) in [6.45, 7) is 30.1. The average Bonchev–Trinajstić information content (AvgIpc) is 3.74. The van der Waals surface area contributed by atoms with Crippen molar-refractivity contribution in [1.29, 1.82) is 0 Å². The minimum absolute atomic E-state index is 0.00396. The highest BCUT2D eigenvalue weighted by molar-refractivity contribution is 6.88. The zero-order chi connectivity index (χ0) is 41.5. The average molecular weight is 782 g/mol. The molecule has 0 unspecified atom stereocenters. The third-order valence-corrected chi connectivity index (χ3v) is 13.9. The van der Waals surface area contributed by atoms with Gasteiger partial charge >= 0.3 is 0 Å². The van der Waals surface area contributed by atoms with Crippen molar-refractivity contribution in [3.63, 3.8) is 0 Å². The summed E-state index contributed by atoms with van der Waals surface area (Å²) in [5.74, 6) is 1.41. The molecule has 0 aliphatic heterocycles. The van der Waals surface area contributed by atoms with Crippen molar-refractivity contribution in [1.82, 2.24) is 14.5 Å². The van der Waals surface area contributed by atoms with Gasteiger partial charge in [-0.3, -0.25) is 9.55 Å². The fourth-order valence-corrected chi connectivity index (χ4v) is 9.42. The van der Waals surface area contributed by atoms with Crippen molar-refractivity contribution < 1.29 is 4.42 Å². The smallest absolute Gasteiger partial charge is 0.149 e. The van der Waals surface area contributed by atoms with Gasteiger partial charge in [-0.15, -0.1) is 0 Å². The van der Waals surface area contributed by atoms with E-state index in [-0.39, 0.29) is 22.7 Å². The molecule has 0 aliphatic rings. The Hall–Kier alpha value is -5.26. The van der Waals surface area contributed by atoms with Gasteiger partial charge in [-0.05, 0) is 98.5 Å². The van der Waals surface area contributed by atoms with Crippen molar-refractivity contribution in [2.24, 2.45) is 0 Å². The summed E-state index contributed by atoms with van der Waals surface area (Å²) in [5, 5.41) is 3.52. The largest absolute Gasteiger partial charge is 0.455 e. The Morgan fingerprint density at radius 3 is 1.83 bits per heavy atom. The molecule has 8 rings (SSSR count). The first-order valence-electron chi connectivity index (χ1n) is 21.0. The number of benzene rings is 5. The maximum absolute atomic E-state index is 6.96. The number of aromatic nitrogens is 3. The molecule has 0 radical (unpaired) electrons. The van der Waals surface area contributed by atoms with Crippen LogP contribution in [0.15, 0.2) is 114 Å². The lowest BCUT2D eigenvalue weighted by molar-refractivity contribution is 0.569. The first-order chi connectivity index (χ1) is 27.3. The van der Waals surface area contributed by atoms with Gasteiger partial charge in [-0.1, -0.05) is 149 Å². The van der Waals surface area contributed by atoms with E-state index in [9.17, 15) is 0 Å². The first kappa shape index (κ1) is 39.6. The van der Waals surface area contributed by atoms with Crippen LogP contribution in [0.4, 0.5) is 0 Å². The van der Waals surface area contributed by atoms with Gasteiger partial charge in [0.1, 0.15) is 17.0 Å². The second-order valence-electron chi connectivity index (χ2n) is 20.0. The van der Waals surface area contributed by atoms with Gasteiger partial charge in [0, 0.05) is 28.6 Å². The lowest BCUT2D eigenvalue weighted by Crippen LogP contribution is -2.37. The van der Waals surface area contributed by atoms with E-state index in [4.69, 9.17) is 14.4 Å². The Labute approximate surface area is 346 Å². The van der Waals surface area contributed by atoms with E-state index in [2.05, 4.69) is 197 Å². The van der Waals surface area contributed by atoms with Crippen LogP contribution in [0.5, 0.6) is 0 Å². The van der Waals surface area contributed by atoms with Crippen LogP contribution >= 0.6 is 0 Å². The number of nitrogens with zero attached hydrogens (tertiary/aromatic N) is 3. The van der Waals surface area contributed by atoms with Crippen molar-refractivity contribution in [3.8, 4) is 39.5 Å². The van der Waals surface area contributed by atoms with Gasteiger partial charge in [0.15, 0.2) is 0 Å². The van der Waals surface area contributed by atoms with E-state index < -0.39 is 8.07 Å². The van der Waals surface area contributed by atoms with Crippen molar-refractivity contribution in [2.75, 3.05) is 0 Å². The van der Waals surface area contributed by atoms with Crippen molar-refractivity contribution >= 4 is 46.2 Å². The van der Waals surface area contributed by atoms with Crippen LogP contribution in [0, 0.1) is 0 Å². The standard InChI is InChI=1S/C53H59N3OSi/c1-32(2)42-27-35(34-21-23-39(24-22-34)58(11,12)13)28-43(33(3)4)49(42)56-47-20-15-14-19-45(47)55-51(56)41-18-16-17-40-44-31-54-46(30-48(44)57-50(40)41)36-25-37(52(5,6)7)29-38(26-36)53(8,9)10/h14-33H,1-13H3. The predicted molar refractivity (Wildman–Crippen MR) is 251 cm³/mol. The zero-order valence-electron chi connectivity index (χ0n) is 36.8. The SMILES string of the molecule is CC(C)c1cc(-c2ccc([Si](C)(C)C)cc2)cc(C(C)C)c1-n1c(-c2cccc3c2oc2cc(-c4cc(C(C)(C)C)cc(C(C)(C)C)c4)ncc23)nc2ccccc21. The Balaban J connectivity index is 1.34. The highest BCUT2D eigenvalue weighted by Gasteiger charge is 2.27. The van der Waals surface area contributed by atoms with E-state index in [1.807, 2.05) is 6.20 Å². The summed E-state index contributed by atoms with van der Waals surface area (Å²) in [4.78, 5) is 10.5. The number of rotatable bonds is 7. The van der Waals surface area contributed by atoms with Crippen LogP contribution in [-0.2, 0) is 10.8 Å². The highest BCUT2D eigenvalue weighted by atomic mass is 28.3. The van der Waals surface area contributed by atoms with Gasteiger partial charge in [0.05, 0.1) is 36.1 Å². The molecule has 296 valence electrons. The van der Waals surface area contributed by atoms with Crippen LogP contribution in [0.2, 0.25) is 19.6 Å². The Kier molecular flexibility index (Phi) is 9.71. The molecule has 0 aliphatic carbocycles. The fraction of sp³-hybridized carbons (Fsp3) is 0.321. The highest BCUT2D eigenvalue weighted by Crippen LogP contribution is 2.43. The topological polar surface area (TPSA) is 43.9 Å². The third-order valence-electron chi connectivity index (χ3n) is 11.9. The fourth-order valence-electron chi connectivity index (χ4n) is 8.25. The summed E-state index contributed by atoms with van der Waals surface area (Å²) >= 11 is 0. The Morgan fingerprint density at radius 1 is 0.621 bits per heavy atom. The maximum atomic E-state index is 6.96. The number of pyridine rings is 1. The second kappa shape index (κ2) is 14.2. The van der Waals surface area contributed by atoms with Gasteiger partial charge in [-0.2, -0.15) is 0 Å². The molecule has 58 heavy (non-hydrogen) atoms. The van der Waals surface area contributed by atoms with Crippen LogP contribution < -0.4 is 5.19 Å². The minimum Gasteiger partial charge on any atom is -0.455 e. The molecule has 8 aromatic rings. The van der Waals surface area contributed by atoms with Crippen LogP contribution in [0.25, 0.3) is 72.4 Å². The second-order valence-corrected chi connectivity index (χ2v) is 25.1. The normalized spacial score (nSPS) is 12.9. The van der Waals surface area contributed by atoms with Gasteiger partial charge < -0.3 is 4.42 Å². The number of para-hydroxylation sites is 3. The van der Waals surface area contributed by atoms with E-state index in [1.54, 1.807) is 0 Å². The Morgan fingerprint density at radius 2 is 1.24 bits per heavy atom. The number of fused-ring (bicyclic) bond motifs is 4. The summed E-state index contributed by atoms with van der Waals surface area (Å²) in [6.07, 6.45) is 1.99. The summed E-state index contributed by atoms with van der Waals surface area (Å²) in [5.41, 5.74) is 15.6. The van der Waals surface area contributed by atoms with E-state index >= 15 is 0 Å². The van der Waals surface area contributed by atoms with E-state index in [1.165, 1.54) is 44.3 Å². The molecule has 0 bridgehead atoms. The van der Waals surface area contributed by atoms with Gasteiger partial charge in [0.25, 0.3) is 0 Å².